The number of rotatable bonds is 4. The molecule has 5 heteroatoms. The first kappa shape index (κ1) is 14.8. The average Bonchev–Trinajstić information content (AvgIpc) is 2.89. The van der Waals surface area contributed by atoms with Gasteiger partial charge in [-0.05, 0) is 38.5 Å². The first-order valence-corrected chi connectivity index (χ1v) is 6.74. The van der Waals surface area contributed by atoms with Gasteiger partial charge in [0.15, 0.2) is 0 Å². The van der Waals surface area contributed by atoms with Crippen molar-refractivity contribution in [3.05, 3.63) is 53.0 Å². The molecule has 0 aliphatic carbocycles. The highest BCUT2D eigenvalue weighted by Crippen LogP contribution is 2.20. The smallest absolute Gasteiger partial charge is 0.274 e. The Morgan fingerprint density at radius 1 is 1.29 bits per heavy atom. The maximum Gasteiger partial charge on any atom is 0.274 e. The molecule has 0 aliphatic heterocycles. The molecule has 1 aromatic heterocycles. The van der Waals surface area contributed by atoms with E-state index >= 15 is 0 Å². The van der Waals surface area contributed by atoms with Crippen LogP contribution < -0.4 is 5.43 Å². The summed E-state index contributed by atoms with van der Waals surface area (Å²) in [7, 11) is 0. The zero-order chi connectivity index (χ0) is 15.4. The molecule has 2 aromatic rings. The highest BCUT2D eigenvalue weighted by Gasteiger charge is 2.12. The molecule has 0 saturated carbocycles. The molecule has 5 nitrogen and oxygen atoms in total. The number of aryl methyl sites for hydroxylation is 2. The molecular formula is C16H18N2O3. The van der Waals surface area contributed by atoms with Crippen LogP contribution in [0.5, 0.6) is 5.75 Å². The van der Waals surface area contributed by atoms with Crippen molar-refractivity contribution in [2.45, 2.75) is 27.2 Å². The van der Waals surface area contributed by atoms with Gasteiger partial charge in [-0.25, -0.2) is 5.43 Å². The number of carbonyl (C=O) groups is 1. The molecule has 0 saturated heterocycles. The van der Waals surface area contributed by atoms with Crippen LogP contribution >= 0.6 is 0 Å². The predicted octanol–water partition coefficient (Wildman–Crippen LogP) is 3.15. The molecule has 1 heterocycles. The van der Waals surface area contributed by atoms with Gasteiger partial charge < -0.3 is 9.52 Å². The van der Waals surface area contributed by atoms with Crippen LogP contribution in [0.4, 0.5) is 0 Å². The molecule has 0 bridgehead atoms. The summed E-state index contributed by atoms with van der Waals surface area (Å²) in [5.41, 5.74) is 5.20. The summed E-state index contributed by atoms with van der Waals surface area (Å²) < 4.78 is 5.09. The Morgan fingerprint density at radius 3 is 2.67 bits per heavy atom. The predicted molar refractivity (Wildman–Crippen MR) is 80.6 cm³/mol. The van der Waals surface area contributed by atoms with Crippen molar-refractivity contribution in [3.63, 3.8) is 0 Å². The van der Waals surface area contributed by atoms with E-state index in [0.29, 0.717) is 29.0 Å². The van der Waals surface area contributed by atoms with Gasteiger partial charge in [0.2, 0.25) is 0 Å². The van der Waals surface area contributed by atoms with Gasteiger partial charge in [-0.15, -0.1) is 0 Å². The van der Waals surface area contributed by atoms with Crippen molar-refractivity contribution in [2.75, 3.05) is 0 Å². The maximum atomic E-state index is 12.0. The fourth-order valence-corrected chi connectivity index (χ4v) is 2.01. The molecule has 0 atom stereocenters. The third kappa shape index (κ3) is 3.31. The van der Waals surface area contributed by atoms with Crippen molar-refractivity contribution in [1.29, 1.82) is 0 Å². The van der Waals surface area contributed by atoms with Gasteiger partial charge in [0.25, 0.3) is 5.91 Å². The maximum absolute atomic E-state index is 12.0. The Balaban J connectivity index is 2.23. The van der Waals surface area contributed by atoms with E-state index in [-0.39, 0.29) is 11.7 Å². The van der Waals surface area contributed by atoms with Crippen LogP contribution in [0.3, 0.4) is 0 Å². The first-order chi connectivity index (χ1) is 10.0. The number of hydrogen-bond acceptors (Lipinski definition) is 4. The second-order valence-electron chi connectivity index (χ2n) is 4.76. The number of nitrogens with zero attached hydrogens (tertiary/aromatic N) is 1. The van der Waals surface area contributed by atoms with Gasteiger partial charge in [0, 0.05) is 5.56 Å². The van der Waals surface area contributed by atoms with E-state index in [9.17, 15) is 9.90 Å². The molecule has 0 unspecified atom stereocenters. The number of phenolic OH excluding ortho intramolecular Hbond substituents is 1. The van der Waals surface area contributed by atoms with Crippen LogP contribution in [-0.4, -0.2) is 16.7 Å². The van der Waals surface area contributed by atoms with Gasteiger partial charge >= 0.3 is 0 Å². The van der Waals surface area contributed by atoms with Crippen molar-refractivity contribution in [2.24, 2.45) is 5.10 Å². The zero-order valence-corrected chi connectivity index (χ0v) is 12.3. The van der Waals surface area contributed by atoms with Crippen LogP contribution in [0.1, 0.15) is 40.6 Å². The molecule has 0 fully saturated rings. The summed E-state index contributed by atoms with van der Waals surface area (Å²) in [4.78, 5) is 12.0. The third-order valence-electron chi connectivity index (χ3n) is 3.19. The van der Waals surface area contributed by atoms with Crippen molar-refractivity contribution < 1.29 is 14.3 Å². The van der Waals surface area contributed by atoms with Gasteiger partial charge in [-0.3, -0.25) is 4.79 Å². The van der Waals surface area contributed by atoms with Crippen LogP contribution in [0.25, 0.3) is 0 Å². The molecular weight excluding hydrogens is 268 g/mol. The molecule has 2 rings (SSSR count). The minimum atomic E-state index is -0.334. The van der Waals surface area contributed by atoms with E-state index in [4.69, 9.17) is 4.42 Å². The normalized spacial score (nSPS) is 11.5. The molecule has 2 N–H and O–H groups in total. The van der Waals surface area contributed by atoms with Gasteiger partial charge in [0.05, 0.1) is 17.5 Å². The van der Waals surface area contributed by atoms with E-state index in [0.717, 1.165) is 5.56 Å². The lowest BCUT2D eigenvalue weighted by molar-refractivity contribution is 0.0953. The average molecular weight is 286 g/mol. The van der Waals surface area contributed by atoms with E-state index in [1.807, 2.05) is 26.0 Å². The fourth-order valence-electron chi connectivity index (χ4n) is 2.01. The summed E-state index contributed by atoms with van der Waals surface area (Å²) in [6, 6.07) is 6.88. The summed E-state index contributed by atoms with van der Waals surface area (Å²) in [6.45, 7) is 5.56. The van der Waals surface area contributed by atoms with Gasteiger partial charge in [-0.1, -0.05) is 18.6 Å². The number of carbonyl (C=O) groups excluding carboxylic acids is 1. The molecule has 0 spiro atoms. The molecule has 1 aromatic carbocycles. The molecule has 110 valence electrons. The van der Waals surface area contributed by atoms with E-state index < -0.39 is 0 Å². The number of aromatic hydroxyl groups is 1. The Morgan fingerprint density at radius 2 is 2.05 bits per heavy atom. The van der Waals surface area contributed by atoms with Crippen LogP contribution in [0, 0.1) is 13.8 Å². The SMILES string of the molecule is CC/C(=N\NC(=O)c1ccoc1C)c1cc(C)ccc1O. The standard InChI is InChI=1S/C16H18N2O3/c1-4-14(13-9-10(2)5-6-15(13)19)17-18-16(20)12-7-8-21-11(12)3/h5-9,19H,4H2,1-3H3,(H,18,20)/b17-14+. The monoisotopic (exact) mass is 286 g/mol. The van der Waals surface area contributed by atoms with E-state index in [1.54, 1.807) is 19.1 Å². The summed E-state index contributed by atoms with van der Waals surface area (Å²) >= 11 is 0. The van der Waals surface area contributed by atoms with Gasteiger partial charge in [-0.2, -0.15) is 5.10 Å². The molecule has 0 aliphatic rings. The minimum absolute atomic E-state index is 0.148. The lowest BCUT2D eigenvalue weighted by Crippen LogP contribution is -2.20. The third-order valence-corrected chi connectivity index (χ3v) is 3.19. The van der Waals surface area contributed by atoms with Gasteiger partial charge in [0.1, 0.15) is 11.5 Å². The first-order valence-electron chi connectivity index (χ1n) is 6.74. The quantitative estimate of drug-likeness (QED) is 0.669. The highest BCUT2D eigenvalue weighted by atomic mass is 16.3. The van der Waals surface area contributed by atoms with Crippen LogP contribution in [-0.2, 0) is 0 Å². The number of phenols is 1. The number of furan rings is 1. The van der Waals surface area contributed by atoms with Crippen LogP contribution in [0.15, 0.2) is 40.0 Å². The second kappa shape index (κ2) is 6.26. The molecule has 21 heavy (non-hydrogen) atoms. The van der Waals surface area contributed by atoms with Crippen LogP contribution in [0.2, 0.25) is 0 Å². The second-order valence-corrected chi connectivity index (χ2v) is 4.76. The van der Waals surface area contributed by atoms with E-state index in [2.05, 4.69) is 10.5 Å². The Labute approximate surface area is 123 Å². The zero-order valence-electron chi connectivity index (χ0n) is 12.3. The highest BCUT2D eigenvalue weighted by molar-refractivity contribution is 6.04. The summed E-state index contributed by atoms with van der Waals surface area (Å²) in [6.07, 6.45) is 2.04. The Kier molecular flexibility index (Phi) is 4.42. The van der Waals surface area contributed by atoms with Crippen molar-refractivity contribution >= 4 is 11.6 Å². The minimum Gasteiger partial charge on any atom is -0.507 e. The number of benzene rings is 1. The number of amides is 1. The molecule has 0 radical (unpaired) electrons. The van der Waals surface area contributed by atoms with Crippen molar-refractivity contribution in [1.82, 2.24) is 5.43 Å². The largest absolute Gasteiger partial charge is 0.507 e. The topological polar surface area (TPSA) is 74.8 Å². The molecule has 1 amide bonds. The Bertz CT molecular complexity index is 687. The summed E-state index contributed by atoms with van der Waals surface area (Å²) in [5, 5.41) is 14.0. The van der Waals surface area contributed by atoms with Crippen molar-refractivity contribution in [3.8, 4) is 5.75 Å². The van der Waals surface area contributed by atoms with E-state index in [1.165, 1.54) is 6.26 Å². The number of hydrogen-bond donors (Lipinski definition) is 2. The summed E-state index contributed by atoms with van der Waals surface area (Å²) in [5.74, 6) is 0.355. The lowest BCUT2D eigenvalue weighted by Gasteiger charge is -2.08. The lowest BCUT2D eigenvalue weighted by atomic mass is 10.0. The number of hydrazone groups is 1. The number of nitrogens with one attached hydrogen (secondary N) is 1. The Hall–Kier alpha value is -2.56. The fraction of sp³-hybridized carbons (Fsp3) is 0.250.